The molecule has 22 heavy (non-hydrogen) atoms. The van der Waals surface area contributed by atoms with Crippen molar-refractivity contribution in [3.8, 4) is 0 Å². The molecule has 0 saturated heterocycles. The van der Waals surface area contributed by atoms with Crippen molar-refractivity contribution < 1.29 is 0 Å². The van der Waals surface area contributed by atoms with E-state index in [1.165, 1.54) is 15.4 Å². The minimum absolute atomic E-state index is 1.30. The van der Waals surface area contributed by atoms with E-state index in [0.29, 0.717) is 0 Å². The van der Waals surface area contributed by atoms with E-state index in [4.69, 9.17) is 0 Å². The molecule has 0 atom stereocenters. The van der Waals surface area contributed by atoms with Gasteiger partial charge in [0.1, 0.15) is 0 Å². The van der Waals surface area contributed by atoms with E-state index >= 15 is 0 Å². The standard InChI is InChI=1S/C12H8S.C8H7.Bi/c1-3-7-11(8-4-1)13-12-9-5-2-6-10-12;1-2-8-6-4-3-5-7-8;/h1-7,9H;1-7H;. The molecule has 0 nitrogen and oxygen atoms in total. The Hall–Kier alpha value is -1.37. The molecule has 0 bridgehead atoms. The first-order valence-corrected chi connectivity index (χ1v) is 13.6. The van der Waals surface area contributed by atoms with E-state index in [-0.39, 0.29) is 0 Å². The fraction of sp³-hybridized carbons (Fsp3) is 0. The maximum absolute atomic E-state index is 2.53. The van der Waals surface area contributed by atoms with Gasteiger partial charge in [-0.1, -0.05) is 0 Å². The van der Waals surface area contributed by atoms with Crippen LogP contribution in [0.5, 0.6) is 0 Å². The molecule has 0 aliphatic carbocycles. The van der Waals surface area contributed by atoms with E-state index in [9.17, 15) is 0 Å². The van der Waals surface area contributed by atoms with Gasteiger partial charge in [0.15, 0.2) is 0 Å². The molecule has 0 aromatic heterocycles. The van der Waals surface area contributed by atoms with Gasteiger partial charge in [0.25, 0.3) is 0 Å². The molecule has 0 amide bonds. The Morgan fingerprint density at radius 3 is 1.82 bits per heavy atom. The van der Waals surface area contributed by atoms with Crippen molar-refractivity contribution in [1.29, 1.82) is 0 Å². The van der Waals surface area contributed by atoms with Crippen molar-refractivity contribution in [1.82, 2.24) is 0 Å². The summed E-state index contributed by atoms with van der Waals surface area (Å²) in [4.78, 5) is 2.91. The molecule has 3 aromatic carbocycles. The summed E-state index contributed by atoms with van der Waals surface area (Å²) in [6.07, 6.45) is 2.32. The van der Waals surface area contributed by atoms with Gasteiger partial charge < -0.3 is 0 Å². The summed E-state index contributed by atoms with van der Waals surface area (Å²) in [5, 5.41) is 0. The van der Waals surface area contributed by atoms with Crippen LogP contribution in [0.4, 0.5) is 0 Å². The molecule has 3 aromatic rings. The number of fused-ring (bicyclic) bond motifs is 2. The molecule has 0 unspecified atom stereocenters. The zero-order valence-electron chi connectivity index (χ0n) is 12.0. The van der Waals surface area contributed by atoms with Crippen LogP contribution in [0.3, 0.4) is 0 Å². The average Bonchev–Trinajstić information content (AvgIpc) is 2.59. The summed E-state index contributed by atoms with van der Waals surface area (Å²) in [7, 11) is 0. The molecule has 0 fully saturated rings. The third kappa shape index (κ3) is 2.78. The summed E-state index contributed by atoms with van der Waals surface area (Å²) >= 11 is -0.124. The summed E-state index contributed by atoms with van der Waals surface area (Å²) in [6, 6.07) is 28.5. The summed E-state index contributed by atoms with van der Waals surface area (Å²) in [5.41, 5.74) is 1.30. The van der Waals surface area contributed by atoms with Crippen molar-refractivity contribution in [3.63, 3.8) is 0 Å². The third-order valence-corrected chi connectivity index (χ3v) is 14.9. The molecule has 0 saturated carbocycles. The summed E-state index contributed by atoms with van der Waals surface area (Å²) < 4.78 is 5.74. The fourth-order valence-corrected chi connectivity index (χ4v) is 14.1. The second-order valence-corrected chi connectivity index (χ2v) is 14.0. The van der Waals surface area contributed by atoms with Crippen molar-refractivity contribution in [3.05, 3.63) is 88.2 Å². The monoisotopic (exact) mass is 496 g/mol. The van der Waals surface area contributed by atoms with Crippen LogP contribution in [-0.2, 0) is 0 Å². The normalized spacial score (nSPS) is 13.8. The first kappa shape index (κ1) is 14.2. The summed E-state index contributed by atoms with van der Waals surface area (Å²) in [5.74, 6) is 0. The Balaban J connectivity index is 1.79. The van der Waals surface area contributed by atoms with E-state index in [2.05, 4.69) is 88.7 Å². The van der Waals surface area contributed by atoms with Gasteiger partial charge in [-0.05, 0) is 0 Å². The van der Waals surface area contributed by atoms with Crippen LogP contribution in [0.1, 0.15) is 5.56 Å². The summed E-state index contributed by atoms with van der Waals surface area (Å²) in [6.45, 7) is 0. The molecular weight excluding hydrogens is 481 g/mol. The van der Waals surface area contributed by atoms with Crippen LogP contribution in [0, 0.1) is 0 Å². The van der Waals surface area contributed by atoms with E-state index in [1.807, 2.05) is 11.8 Å². The van der Waals surface area contributed by atoms with Crippen LogP contribution in [0.25, 0.3) is 6.08 Å². The molecular formula is C20H15BiS. The van der Waals surface area contributed by atoms with Crippen molar-refractivity contribution >= 4 is 46.1 Å². The molecule has 0 radical (unpaired) electrons. The molecule has 0 spiro atoms. The van der Waals surface area contributed by atoms with Crippen molar-refractivity contribution in [2.45, 2.75) is 9.79 Å². The molecule has 0 N–H and O–H groups in total. The molecule has 1 aliphatic rings. The van der Waals surface area contributed by atoms with Crippen LogP contribution in [0.15, 0.2) is 92.4 Å². The Kier molecular flexibility index (Phi) is 4.14. The van der Waals surface area contributed by atoms with Gasteiger partial charge in [0.2, 0.25) is 0 Å². The number of rotatable bonds is 2. The number of hydrogen-bond acceptors (Lipinski definition) is 1. The van der Waals surface area contributed by atoms with Gasteiger partial charge in [0.05, 0.1) is 0 Å². The van der Waals surface area contributed by atoms with E-state index < -0.39 is 21.8 Å². The van der Waals surface area contributed by atoms with Crippen LogP contribution in [-0.4, -0.2) is 21.8 Å². The zero-order valence-corrected chi connectivity index (χ0v) is 16.3. The fourth-order valence-electron chi connectivity index (χ4n) is 2.62. The van der Waals surface area contributed by atoms with E-state index in [0.717, 1.165) is 0 Å². The van der Waals surface area contributed by atoms with Crippen molar-refractivity contribution in [2.75, 3.05) is 0 Å². The second-order valence-electron chi connectivity index (χ2n) is 5.13. The Labute approximate surface area is 143 Å². The zero-order chi connectivity index (χ0) is 14.8. The van der Waals surface area contributed by atoms with Gasteiger partial charge in [0, 0.05) is 0 Å². The van der Waals surface area contributed by atoms with Gasteiger partial charge in [-0.15, -0.1) is 0 Å². The number of benzene rings is 3. The van der Waals surface area contributed by atoms with Crippen LogP contribution < -0.4 is 6.54 Å². The Morgan fingerprint density at radius 1 is 0.636 bits per heavy atom. The molecule has 2 heteroatoms. The molecule has 106 valence electrons. The second kappa shape index (κ2) is 6.40. The van der Waals surface area contributed by atoms with Crippen molar-refractivity contribution in [2.24, 2.45) is 0 Å². The van der Waals surface area contributed by atoms with Crippen LogP contribution in [0.2, 0.25) is 0 Å². The first-order valence-electron chi connectivity index (χ1n) is 7.30. The molecule has 4 rings (SSSR count). The third-order valence-electron chi connectivity index (χ3n) is 3.69. The van der Waals surface area contributed by atoms with Gasteiger partial charge >= 0.3 is 144 Å². The Morgan fingerprint density at radius 2 is 1.18 bits per heavy atom. The Bertz CT molecular complexity index is 778. The van der Waals surface area contributed by atoms with E-state index in [1.54, 1.807) is 6.54 Å². The predicted molar refractivity (Wildman–Crippen MR) is 97.5 cm³/mol. The maximum atomic E-state index is 2.53. The van der Waals surface area contributed by atoms with Gasteiger partial charge in [-0.2, -0.15) is 0 Å². The topological polar surface area (TPSA) is 0 Å². The van der Waals surface area contributed by atoms with Crippen LogP contribution >= 0.6 is 11.8 Å². The molecule has 1 heterocycles. The SMILES string of the molecule is C(=[CH]\[Bi]1[c]2ccccc2Sc2cccc[c]21)/c1ccccc1. The molecule has 1 aliphatic heterocycles. The first-order chi connectivity index (χ1) is 10.9. The quantitative estimate of drug-likeness (QED) is 0.484. The number of hydrogen-bond donors (Lipinski definition) is 0. The van der Waals surface area contributed by atoms with Gasteiger partial charge in [-0.3, -0.25) is 0 Å². The minimum atomic E-state index is -2.05. The van der Waals surface area contributed by atoms with Gasteiger partial charge in [-0.25, -0.2) is 0 Å². The predicted octanol–water partition coefficient (Wildman–Crippen LogP) is 4.01. The average molecular weight is 496 g/mol.